The Bertz CT molecular complexity index is 214. The molecule has 0 fully saturated rings. The summed E-state index contributed by atoms with van der Waals surface area (Å²) in [4.78, 5) is 0. The summed E-state index contributed by atoms with van der Waals surface area (Å²) in [7, 11) is -1.51. The molecule has 1 rings (SSSR count). The van der Waals surface area contributed by atoms with Crippen molar-refractivity contribution in [1.82, 2.24) is 6.15 Å². The molecule has 0 radical (unpaired) electrons. The van der Waals surface area contributed by atoms with E-state index in [-0.39, 0.29) is 12.0 Å². The first-order valence-corrected chi connectivity index (χ1v) is 2.82. The summed E-state index contributed by atoms with van der Waals surface area (Å²) in [6.07, 6.45) is 0. The third kappa shape index (κ3) is 2.67. The topological polar surface area (TPSA) is 75.5 Å². The van der Waals surface area contributed by atoms with Crippen molar-refractivity contribution in [3.05, 3.63) is 30.1 Å². The van der Waals surface area contributed by atoms with Crippen LogP contribution < -0.4 is 11.6 Å². The fourth-order valence-corrected chi connectivity index (χ4v) is 0.635. The molecule has 0 spiro atoms. The third-order valence-electron chi connectivity index (χ3n) is 1.17. The number of rotatable bonds is 1. The average molecular weight is 157 g/mol. The highest BCUT2D eigenvalue weighted by molar-refractivity contribution is 6.58. The van der Waals surface area contributed by atoms with Gasteiger partial charge in [0.05, 0.1) is 0 Å². The van der Waals surface area contributed by atoms with Crippen LogP contribution in [-0.4, -0.2) is 17.2 Å². The molecule has 0 aliphatic rings. The SMILES string of the molecule is N.OB(O)c1ccc(F)cc1. The molecule has 0 saturated heterocycles. The monoisotopic (exact) mass is 157 g/mol. The summed E-state index contributed by atoms with van der Waals surface area (Å²) >= 11 is 0. The minimum absolute atomic E-state index is 0. The fourth-order valence-electron chi connectivity index (χ4n) is 0.635. The molecule has 1 aromatic carbocycles. The Morgan fingerprint density at radius 1 is 1.09 bits per heavy atom. The van der Waals surface area contributed by atoms with Crippen LogP contribution in [0.1, 0.15) is 0 Å². The molecule has 1 aromatic rings. The van der Waals surface area contributed by atoms with Gasteiger partial charge in [-0.25, -0.2) is 4.39 Å². The second-order valence-electron chi connectivity index (χ2n) is 1.93. The Morgan fingerprint density at radius 2 is 1.55 bits per heavy atom. The summed E-state index contributed by atoms with van der Waals surface area (Å²) in [6, 6.07) is 4.99. The molecule has 0 heterocycles. The van der Waals surface area contributed by atoms with Crippen LogP contribution in [0, 0.1) is 5.82 Å². The van der Waals surface area contributed by atoms with E-state index in [4.69, 9.17) is 10.0 Å². The molecule has 0 aliphatic heterocycles. The lowest BCUT2D eigenvalue weighted by molar-refractivity contribution is 0.425. The molecule has 0 bridgehead atoms. The zero-order chi connectivity index (χ0) is 7.56. The van der Waals surface area contributed by atoms with E-state index in [2.05, 4.69) is 0 Å². The molecule has 5 heteroatoms. The van der Waals surface area contributed by atoms with Crippen LogP contribution in [0.15, 0.2) is 24.3 Å². The zero-order valence-electron chi connectivity index (χ0n) is 5.87. The Kier molecular flexibility index (Phi) is 3.74. The summed E-state index contributed by atoms with van der Waals surface area (Å²) < 4.78 is 12.2. The first kappa shape index (κ1) is 10.1. The number of halogens is 1. The van der Waals surface area contributed by atoms with Gasteiger partial charge in [0, 0.05) is 0 Å². The van der Waals surface area contributed by atoms with E-state index in [0.717, 1.165) is 0 Å². The van der Waals surface area contributed by atoms with Gasteiger partial charge in [-0.15, -0.1) is 0 Å². The highest BCUT2D eigenvalue weighted by Gasteiger charge is 2.08. The Balaban J connectivity index is 0.000001000. The standard InChI is InChI=1S/C6H6BFO2.H3N/c8-6-3-1-5(2-4-6)7(9)10;/h1-4,9-10H;1H3. The molecule has 0 atom stereocenters. The Hall–Kier alpha value is -0.905. The van der Waals surface area contributed by atoms with E-state index in [0.29, 0.717) is 5.46 Å². The molecular weight excluding hydrogens is 148 g/mol. The van der Waals surface area contributed by atoms with Crippen molar-refractivity contribution in [3.63, 3.8) is 0 Å². The second-order valence-corrected chi connectivity index (χ2v) is 1.93. The molecule has 3 nitrogen and oxygen atoms in total. The molecule has 5 N–H and O–H groups in total. The predicted molar refractivity (Wildman–Crippen MR) is 41.2 cm³/mol. The van der Waals surface area contributed by atoms with Gasteiger partial charge in [-0.2, -0.15) is 0 Å². The lowest BCUT2D eigenvalue weighted by Gasteiger charge is -1.95. The van der Waals surface area contributed by atoms with E-state index in [1.165, 1.54) is 24.3 Å². The number of benzene rings is 1. The summed E-state index contributed by atoms with van der Waals surface area (Å²) in [5.74, 6) is -0.385. The molecule has 0 aromatic heterocycles. The van der Waals surface area contributed by atoms with Gasteiger partial charge in [0.15, 0.2) is 0 Å². The second kappa shape index (κ2) is 4.07. The van der Waals surface area contributed by atoms with Crippen LogP contribution in [0.4, 0.5) is 4.39 Å². The highest BCUT2D eigenvalue weighted by atomic mass is 19.1. The maximum atomic E-state index is 12.2. The lowest BCUT2D eigenvalue weighted by Crippen LogP contribution is -2.29. The van der Waals surface area contributed by atoms with Gasteiger partial charge >= 0.3 is 7.12 Å². The maximum absolute atomic E-state index is 12.2. The first-order chi connectivity index (χ1) is 4.70. The van der Waals surface area contributed by atoms with Crippen LogP contribution in [0.2, 0.25) is 0 Å². The normalized spacial score (nSPS) is 8.64. The molecule has 60 valence electrons. The van der Waals surface area contributed by atoms with Gasteiger partial charge in [-0.3, -0.25) is 0 Å². The minimum Gasteiger partial charge on any atom is -0.423 e. The van der Waals surface area contributed by atoms with E-state index >= 15 is 0 Å². The van der Waals surface area contributed by atoms with E-state index in [1.54, 1.807) is 0 Å². The zero-order valence-corrected chi connectivity index (χ0v) is 5.87. The van der Waals surface area contributed by atoms with Gasteiger partial charge < -0.3 is 16.2 Å². The predicted octanol–water partition coefficient (Wildman–Crippen LogP) is -0.333. The molecule has 0 amide bonds. The van der Waals surface area contributed by atoms with Crippen molar-refractivity contribution in [2.24, 2.45) is 0 Å². The van der Waals surface area contributed by atoms with Crippen molar-refractivity contribution in [3.8, 4) is 0 Å². The molecule has 11 heavy (non-hydrogen) atoms. The van der Waals surface area contributed by atoms with Crippen molar-refractivity contribution >= 4 is 12.6 Å². The first-order valence-electron chi connectivity index (χ1n) is 2.82. The van der Waals surface area contributed by atoms with Crippen LogP contribution in [0.5, 0.6) is 0 Å². The molecule has 0 unspecified atom stereocenters. The average Bonchev–Trinajstić information content (AvgIpc) is 1.88. The smallest absolute Gasteiger partial charge is 0.423 e. The maximum Gasteiger partial charge on any atom is 0.488 e. The van der Waals surface area contributed by atoms with Crippen LogP contribution in [0.25, 0.3) is 0 Å². The largest absolute Gasteiger partial charge is 0.488 e. The summed E-state index contributed by atoms with van der Waals surface area (Å²) in [5.41, 5.74) is 0.293. The molecular formula is C6H9BFNO2. The number of hydrogen-bond donors (Lipinski definition) is 3. The van der Waals surface area contributed by atoms with Crippen molar-refractivity contribution in [1.29, 1.82) is 0 Å². The van der Waals surface area contributed by atoms with Crippen LogP contribution >= 0.6 is 0 Å². The fraction of sp³-hybridized carbons (Fsp3) is 0. The van der Waals surface area contributed by atoms with Crippen molar-refractivity contribution in [2.75, 3.05) is 0 Å². The van der Waals surface area contributed by atoms with Gasteiger partial charge in [-0.05, 0) is 17.6 Å². The van der Waals surface area contributed by atoms with Gasteiger partial charge in [0.1, 0.15) is 5.82 Å². The van der Waals surface area contributed by atoms with Crippen molar-refractivity contribution < 1.29 is 14.4 Å². The van der Waals surface area contributed by atoms with E-state index in [1.807, 2.05) is 0 Å². The third-order valence-corrected chi connectivity index (χ3v) is 1.17. The van der Waals surface area contributed by atoms with E-state index in [9.17, 15) is 4.39 Å². The van der Waals surface area contributed by atoms with Crippen LogP contribution in [-0.2, 0) is 0 Å². The van der Waals surface area contributed by atoms with Gasteiger partial charge in [-0.1, -0.05) is 12.1 Å². The lowest BCUT2D eigenvalue weighted by atomic mass is 9.80. The highest BCUT2D eigenvalue weighted by Crippen LogP contribution is 1.92. The van der Waals surface area contributed by atoms with Crippen LogP contribution in [0.3, 0.4) is 0 Å². The van der Waals surface area contributed by atoms with Crippen molar-refractivity contribution in [2.45, 2.75) is 0 Å². The summed E-state index contributed by atoms with van der Waals surface area (Å²) in [6.45, 7) is 0. The van der Waals surface area contributed by atoms with E-state index < -0.39 is 7.12 Å². The minimum atomic E-state index is -1.51. The molecule has 0 saturated carbocycles. The quantitative estimate of drug-likeness (QED) is 0.488. The molecule has 0 aliphatic carbocycles. The van der Waals surface area contributed by atoms with Gasteiger partial charge in [0.25, 0.3) is 0 Å². The Morgan fingerprint density at radius 3 is 1.91 bits per heavy atom. The number of hydrogen-bond acceptors (Lipinski definition) is 3. The Labute approximate surface area is 64.2 Å². The summed E-state index contributed by atoms with van der Waals surface area (Å²) in [5, 5.41) is 17.1. The van der Waals surface area contributed by atoms with Gasteiger partial charge in [0.2, 0.25) is 0 Å².